The molecule has 0 aromatic heterocycles. The van der Waals surface area contributed by atoms with Crippen LogP contribution in [-0.4, -0.2) is 20.2 Å². The van der Waals surface area contributed by atoms with Gasteiger partial charge >= 0.3 is 0 Å². The van der Waals surface area contributed by atoms with Crippen molar-refractivity contribution in [1.82, 2.24) is 5.32 Å². The molecule has 1 aliphatic rings. The molecule has 2 rings (SSSR count). The Morgan fingerprint density at radius 3 is 2.67 bits per heavy atom. The molecule has 2 heteroatoms. The Morgan fingerprint density at radius 2 is 2.00 bits per heavy atom. The minimum absolute atomic E-state index is 0.626. The first kappa shape index (κ1) is 16.4. The predicted molar refractivity (Wildman–Crippen MR) is 89.9 cm³/mol. The molecule has 1 fully saturated rings. The van der Waals surface area contributed by atoms with Gasteiger partial charge in [0.2, 0.25) is 0 Å². The van der Waals surface area contributed by atoms with Gasteiger partial charge in [-0.25, -0.2) is 0 Å². The summed E-state index contributed by atoms with van der Waals surface area (Å²) in [5.41, 5.74) is 1.41. The second-order valence-corrected chi connectivity index (χ2v) is 6.73. The molecule has 1 aromatic carbocycles. The van der Waals surface area contributed by atoms with E-state index in [9.17, 15) is 0 Å². The highest BCUT2D eigenvalue weighted by molar-refractivity contribution is 5.37. The minimum Gasteiger partial charge on any atom is -0.496 e. The van der Waals surface area contributed by atoms with Gasteiger partial charge in [0.1, 0.15) is 5.75 Å². The molecule has 1 saturated carbocycles. The first-order valence-electron chi connectivity index (χ1n) is 8.51. The quantitative estimate of drug-likeness (QED) is 0.835. The number of nitrogens with one attached hydrogen (secondary N) is 1. The molecule has 3 unspecified atom stereocenters. The fourth-order valence-corrected chi connectivity index (χ4v) is 3.80. The minimum atomic E-state index is 0.626. The average molecular weight is 289 g/mol. The SMILES string of the molecule is CCNCC1CCC(C(C)C)CC1c1ccccc1OC. The normalized spacial score (nSPS) is 26.0. The van der Waals surface area contributed by atoms with Gasteiger partial charge in [-0.3, -0.25) is 0 Å². The van der Waals surface area contributed by atoms with Crippen LogP contribution in [0.4, 0.5) is 0 Å². The van der Waals surface area contributed by atoms with E-state index in [0.717, 1.165) is 36.6 Å². The summed E-state index contributed by atoms with van der Waals surface area (Å²) < 4.78 is 5.63. The van der Waals surface area contributed by atoms with Gasteiger partial charge in [0.15, 0.2) is 0 Å². The summed E-state index contributed by atoms with van der Waals surface area (Å²) >= 11 is 0. The third-order valence-electron chi connectivity index (χ3n) is 5.17. The van der Waals surface area contributed by atoms with Crippen LogP contribution in [0.25, 0.3) is 0 Å². The maximum atomic E-state index is 5.63. The van der Waals surface area contributed by atoms with Gasteiger partial charge in [0.05, 0.1) is 7.11 Å². The zero-order valence-electron chi connectivity index (χ0n) is 14.1. The smallest absolute Gasteiger partial charge is 0.122 e. The fraction of sp³-hybridized carbons (Fsp3) is 0.684. The van der Waals surface area contributed by atoms with Gasteiger partial charge in [-0.05, 0) is 67.7 Å². The van der Waals surface area contributed by atoms with Gasteiger partial charge in [0, 0.05) is 0 Å². The lowest BCUT2D eigenvalue weighted by atomic mass is 9.68. The van der Waals surface area contributed by atoms with Crippen molar-refractivity contribution in [2.75, 3.05) is 20.2 Å². The highest BCUT2D eigenvalue weighted by Gasteiger charge is 2.33. The van der Waals surface area contributed by atoms with Crippen molar-refractivity contribution in [1.29, 1.82) is 0 Å². The number of rotatable bonds is 6. The van der Waals surface area contributed by atoms with Gasteiger partial charge in [-0.15, -0.1) is 0 Å². The fourth-order valence-electron chi connectivity index (χ4n) is 3.80. The number of methoxy groups -OCH3 is 1. The Bertz CT molecular complexity index is 429. The van der Waals surface area contributed by atoms with Crippen molar-refractivity contribution >= 4 is 0 Å². The van der Waals surface area contributed by atoms with Gasteiger partial charge in [-0.1, -0.05) is 39.0 Å². The molecular formula is C19H31NO. The topological polar surface area (TPSA) is 21.3 Å². The van der Waals surface area contributed by atoms with Crippen LogP contribution in [0.2, 0.25) is 0 Å². The van der Waals surface area contributed by atoms with E-state index in [1.165, 1.54) is 24.8 Å². The van der Waals surface area contributed by atoms with E-state index < -0.39 is 0 Å². The Kier molecular flexibility index (Phi) is 6.10. The highest BCUT2D eigenvalue weighted by atomic mass is 16.5. The maximum absolute atomic E-state index is 5.63. The highest BCUT2D eigenvalue weighted by Crippen LogP contribution is 2.45. The molecule has 0 aliphatic heterocycles. The molecule has 0 amide bonds. The molecule has 2 nitrogen and oxygen atoms in total. The molecule has 0 radical (unpaired) electrons. The lowest BCUT2D eigenvalue weighted by molar-refractivity contribution is 0.188. The number of ether oxygens (including phenoxy) is 1. The third-order valence-corrected chi connectivity index (χ3v) is 5.17. The molecule has 21 heavy (non-hydrogen) atoms. The molecule has 0 spiro atoms. The summed E-state index contributed by atoms with van der Waals surface area (Å²) in [6.45, 7) is 9.12. The van der Waals surface area contributed by atoms with Crippen LogP contribution in [0.1, 0.15) is 51.5 Å². The predicted octanol–water partition coefficient (Wildman–Crippen LogP) is 4.46. The molecular weight excluding hydrogens is 258 g/mol. The second kappa shape index (κ2) is 7.84. The first-order valence-corrected chi connectivity index (χ1v) is 8.51. The monoisotopic (exact) mass is 289 g/mol. The number of para-hydroxylation sites is 1. The molecule has 1 aliphatic carbocycles. The Labute approximate surface area is 130 Å². The molecule has 0 heterocycles. The van der Waals surface area contributed by atoms with E-state index in [-0.39, 0.29) is 0 Å². The lowest BCUT2D eigenvalue weighted by Crippen LogP contribution is -2.33. The zero-order chi connectivity index (χ0) is 15.2. The van der Waals surface area contributed by atoms with Gasteiger partial charge < -0.3 is 10.1 Å². The Balaban J connectivity index is 2.23. The molecule has 0 bridgehead atoms. The van der Waals surface area contributed by atoms with Gasteiger partial charge in [0.25, 0.3) is 0 Å². The molecule has 3 atom stereocenters. The molecule has 0 saturated heterocycles. The summed E-state index contributed by atoms with van der Waals surface area (Å²) in [5.74, 6) is 4.05. The van der Waals surface area contributed by atoms with Crippen molar-refractivity contribution in [2.45, 2.75) is 46.0 Å². The number of benzene rings is 1. The van der Waals surface area contributed by atoms with Crippen molar-refractivity contribution < 1.29 is 4.74 Å². The summed E-state index contributed by atoms with van der Waals surface area (Å²) in [4.78, 5) is 0. The number of hydrogen-bond acceptors (Lipinski definition) is 2. The summed E-state index contributed by atoms with van der Waals surface area (Å²) in [6, 6.07) is 8.61. The Hall–Kier alpha value is -1.02. The largest absolute Gasteiger partial charge is 0.496 e. The van der Waals surface area contributed by atoms with E-state index in [4.69, 9.17) is 4.74 Å². The average Bonchev–Trinajstić information content (AvgIpc) is 2.52. The van der Waals surface area contributed by atoms with Crippen LogP contribution < -0.4 is 10.1 Å². The van der Waals surface area contributed by atoms with E-state index in [1.807, 2.05) is 0 Å². The first-order chi connectivity index (χ1) is 10.2. The second-order valence-electron chi connectivity index (χ2n) is 6.73. The van der Waals surface area contributed by atoms with Crippen LogP contribution in [0, 0.1) is 17.8 Å². The molecule has 1 aromatic rings. The number of hydrogen-bond donors (Lipinski definition) is 1. The van der Waals surface area contributed by atoms with Crippen LogP contribution in [0.5, 0.6) is 5.75 Å². The van der Waals surface area contributed by atoms with Crippen LogP contribution in [0.3, 0.4) is 0 Å². The van der Waals surface area contributed by atoms with Crippen molar-refractivity contribution in [3.63, 3.8) is 0 Å². The summed E-state index contributed by atoms with van der Waals surface area (Å²) in [6.07, 6.45) is 4.01. The zero-order valence-corrected chi connectivity index (χ0v) is 14.1. The van der Waals surface area contributed by atoms with E-state index >= 15 is 0 Å². The van der Waals surface area contributed by atoms with E-state index in [2.05, 4.69) is 50.4 Å². The van der Waals surface area contributed by atoms with Crippen LogP contribution >= 0.6 is 0 Å². The maximum Gasteiger partial charge on any atom is 0.122 e. The lowest BCUT2D eigenvalue weighted by Gasteiger charge is -2.39. The van der Waals surface area contributed by atoms with E-state index in [0.29, 0.717) is 5.92 Å². The van der Waals surface area contributed by atoms with Crippen LogP contribution in [-0.2, 0) is 0 Å². The van der Waals surface area contributed by atoms with Crippen molar-refractivity contribution in [2.24, 2.45) is 17.8 Å². The Morgan fingerprint density at radius 1 is 1.24 bits per heavy atom. The summed E-state index contributed by atoms with van der Waals surface area (Å²) in [7, 11) is 1.79. The summed E-state index contributed by atoms with van der Waals surface area (Å²) in [5, 5.41) is 3.56. The third kappa shape index (κ3) is 4.00. The van der Waals surface area contributed by atoms with Crippen LogP contribution in [0.15, 0.2) is 24.3 Å². The molecule has 1 N–H and O–H groups in total. The van der Waals surface area contributed by atoms with Crippen molar-refractivity contribution in [3.05, 3.63) is 29.8 Å². The standard InChI is InChI=1S/C19H31NO/c1-5-20-13-16-11-10-15(14(2)3)12-18(16)17-8-6-7-9-19(17)21-4/h6-9,14-16,18,20H,5,10-13H2,1-4H3. The molecule has 118 valence electrons. The van der Waals surface area contributed by atoms with Crippen molar-refractivity contribution in [3.8, 4) is 5.75 Å². The van der Waals surface area contributed by atoms with E-state index in [1.54, 1.807) is 7.11 Å². The van der Waals surface area contributed by atoms with Gasteiger partial charge in [-0.2, -0.15) is 0 Å².